The highest BCUT2D eigenvalue weighted by atomic mass is 16.6. The summed E-state index contributed by atoms with van der Waals surface area (Å²) >= 11 is 0. The Kier molecular flexibility index (Phi) is 5.69. The van der Waals surface area contributed by atoms with Crippen LogP contribution in [-0.4, -0.2) is 28.1 Å². The highest BCUT2D eigenvalue weighted by Gasteiger charge is 2.29. The van der Waals surface area contributed by atoms with Crippen LogP contribution in [0.3, 0.4) is 0 Å². The molecule has 1 aromatic heterocycles. The maximum atomic E-state index is 12.5. The van der Waals surface area contributed by atoms with Crippen LogP contribution >= 0.6 is 0 Å². The molecule has 0 aliphatic carbocycles. The molecule has 2 aromatic rings. The predicted molar refractivity (Wildman–Crippen MR) is 94.6 cm³/mol. The molecule has 0 saturated carbocycles. The maximum Gasteiger partial charge on any atom is 0.414 e. The van der Waals surface area contributed by atoms with E-state index in [2.05, 4.69) is 4.98 Å². The number of carbonyl (C=O) groups is 1. The fourth-order valence-electron chi connectivity index (χ4n) is 2.34. The number of amides is 1. The van der Waals surface area contributed by atoms with Crippen molar-refractivity contribution in [3.05, 3.63) is 64.5 Å². The van der Waals surface area contributed by atoms with Crippen molar-refractivity contribution < 1.29 is 14.5 Å². The van der Waals surface area contributed by atoms with Crippen molar-refractivity contribution in [3.8, 4) is 0 Å². The quantitative estimate of drug-likeness (QED) is 0.605. The number of ether oxygens (including phenoxy) is 1. The van der Waals surface area contributed by atoms with Crippen LogP contribution in [0.1, 0.15) is 26.5 Å². The predicted octanol–water partition coefficient (Wildman–Crippen LogP) is 3.97. The normalized spacial score (nSPS) is 11.0. The Morgan fingerprint density at radius 2 is 1.88 bits per heavy atom. The molecule has 0 fully saturated rings. The van der Waals surface area contributed by atoms with Crippen molar-refractivity contribution in [2.45, 2.75) is 32.7 Å². The van der Waals surface area contributed by atoms with E-state index in [0.29, 0.717) is 12.1 Å². The Morgan fingerprint density at radius 1 is 1.20 bits per heavy atom. The van der Waals surface area contributed by atoms with Gasteiger partial charge >= 0.3 is 6.09 Å². The van der Waals surface area contributed by atoms with Gasteiger partial charge in [-0.15, -0.1) is 0 Å². The minimum Gasteiger partial charge on any atom is -0.449 e. The molecular formula is C18H21N3O4. The largest absolute Gasteiger partial charge is 0.449 e. The number of nitro benzene ring substituents is 1. The third kappa shape index (κ3) is 5.00. The third-order valence-electron chi connectivity index (χ3n) is 3.48. The smallest absolute Gasteiger partial charge is 0.414 e. The van der Waals surface area contributed by atoms with Gasteiger partial charge in [-0.2, -0.15) is 0 Å². The summed E-state index contributed by atoms with van der Waals surface area (Å²) < 4.78 is 5.38. The number of hydrogen-bond donors (Lipinski definition) is 0. The summed E-state index contributed by atoms with van der Waals surface area (Å²) in [5, 5.41) is 10.8. The Morgan fingerprint density at radius 3 is 2.40 bits per heavy atom. The first-order chi connectivity index (χ1) is 11.8. The summed E-state index contributed by atoms with van der Waals surface area (Å²) in [6.45, 7) is 5.81. The molecule has 1 amide bonds. The van der Waals surface area contributed by atoms with E-state index in [1.807, 2.05) is 39.0 Å². The molecule has 0 unspecified atom stereocenters. The van der Waals surface area contributed by atoms with Crippen LogP contribution < -0.4 is 4.90 Å². The van der Waals surface area contributed by atoms with E-state index < -0.39 is 16.6 Å². The van der Waals surface area contributed by atoms with Gasteiger partial charge in [0.2, 0.25) is 0 Å². The Bertz CT molecular complexity index is 724. The van der Waals surface area contributed by atoms with Gasteiger partial charge in [0.05, 0.1) is 11.5 Å². The number of non-ortho nitro benzene ring substituents is 1. The second kappa shape index (κ2) is 7.74. The summed E-state index contributed by atoms with van der Waals surface area (Å²) in [6, 6.07) is 11.4. The minimum atomic E-state index is -0.543. The first-order valence-corrected chi connectivity index (χ1v) is 7.90. The van der Waals surface area contributed by atoms with Crippen LogP contribution in [0.25, 0.3) is 0 Å². The molecule has 0 aliphatic rings. The molecular weight excluding hydrogens is 322 g/mol. The van der Waals surface area contributed by atoms with E-state index in [9.17, 15) is 14.9 Å². The molecule has 0 N–H and O–H groups in total. The number of rotatable bonds is 5. The Hall–Kier alpha value is -2.96. The lowest BCUT2D eigenvalue weighted by atomic mass is 10.1. The van der Waals surface area contributed by atoms with Crippen molar-refractivity contribution in [2.75, 3.05) is 11.5 Å². The zero-order valence-electron chi connectivity index (χ0n) is 14.5. The van der Waals surface area contributed by atoms with Gasteiger partial charge in [-0.05, 0) is 45.0 Å². The summed E-state index contributed by atoms with van der Waals surface area (Å²) in [6.07, 6.45) is 1.71. The molecule has 0 saturated heterocycles. The molecule has 0 bridgehead atoms. The van der Waals surface area contributed by atoms with Crippen LogP contribution in [0.4, 0.5) is 16.2 Å². The summed E-state index contributed by atoms with van der Waals surface area (Å²) in [5.41, 5.74) is 0.813. The molecule has 25 heavy (non-hydrogen) atoms. The standard InChI is InChI=1S/C18H21N3O4/c1-18(2,3)20(15-7-9-16(10-8-15)21(23)24)17(22)25-13-11-14-6-4-5-12-19-14/h4-10,12H,11,13H2,1-3H3. The van der Waals surface area contributed by atoms with Crippen molar-refractivity contribution >= 4 is 17.5 Å². The molecule has 7 heteroatoms. The fourth-order valence-corrected chi connectivity index (χ4v) is 2.34. The van der Waals surface area contributed by atoms with Gasteiger partial charge in [-0.25, -0.2) is 4.79 Å². The number of pyridine rings is 1. The lowest BCUT2D eigenvalue weighted by Gasteiger charge is -2.34. The van der Waals surface area contributed by atoms with E-state index in [1.54, 1.807) is 18.3 Å². The molecule has 7 nitrogen and oxygen atoms in total. The number of aromatic nitrogens is 1. The van der Waals surface area contributed by atoms with Gasteiger partial charge in [0.1, 0.15) is 0 Å². The average molecular weight is 343 g/mol. The van der Waals surface area contributed by atoms with E-state index in [0.717, 1.165) is 5.69 Å². The van der Waals surface area contributed by atoms with E-state index in [4.69, 9.17) is 4.74 Å². The molecule has 1 aromatic carbocycles. The molecule has 0 spiro atoms. The number of hydrogen-bond acceptors (Lipinski definition) is 5. The summed E-state index contributed by atoms with van der Waals surface area (Å²) in [5.74, 6) is 0. The van der Waals surface area contributed by atoms with Gasteiger partial charge in [0, 0.05) is 41.7 Å². The lowest BCUT2D eigenvalue weighted by Crippen LogP contribution is -2.46. The van der Waals surface area contributed by atoms with Gasteiger partial charge in [-0.1, -0.05) is 6.07 Å². The van der Waals surface area contributed by atoms with Crippen LogP contribution in [0, 0.1) is 10.1 Å². The van der Waals surface area contributed by atoms with Crippen LogP contribution in [0.5, 0.6) is 0 Å². The highest BCUT2D eigenvalue weighted by molar-refractivity contribution is 5.89. The van der Waals surface area contributed by atoms with Crippen molar-refractivity contribution in [2.24, 2.45) is 0 Å². The van der Waals surface area contributed by atoms with Crippen molar-refractivity contribution in [1.29, 1.82) is 0 Å². The van der Waals surface area contributed by atoms with Gasteiger partial charge in [0.15, 0.2) is 0 Å². The molecule has 2 rings (SSSR count). The monoisotopic (exact) mass is 343 g/mol. The average Bonchev–Trinajstić information content (AvgIpc) is 2.55. The Labute approximate surface area is 146 Å². The van der Waals surface area contributed by atoms with Gasteiger partial charge in [-0.3, -0.25) is 20.0 Å². The lowest BCUT2D eigenvalue weighted by molar-refractivity contribution is -0.384. The van der Waals surface area contributed by atoms with Crippen LogP contribution in [0.15, 0.2) is 48.7 Å². The number of nitrogens with zero attached hydrogens (tertiary/aromatic N) is 3. The minimum absolute atomic E-state index is 0.0267. The first kappa shape index (κ1) is 18.4. The topological polar surface area (TPSA) is 85.6 Å². The third-order valence-corrected chi connectivity index (χ3v) is 3.48. The second-order valence-corrected chi connectivity index (χ2v) is 6.47. The number of anilines is 1. The summed E-state index contributed by atoms with van der Waals surface area (Å²) in [4.78, 5) is 28.5. The van der Waals surface area contributed by atoms with E-state index >= 15 is 0 Å². The number of carbonyl (C=O) groups excluding carboxylic acids is 1. The van der Waals surface area contributed by atoms with E-state index in [-0.39, 0.29) is 12.3 Å². The zero-order chi connectivity index (χ0) is 18.4. The molecule has 1 heterocycles. The van der Waals surface area contributed by atoms with Gasteiger partial charge < -0.3 is 4.74 Å². The molecule has 0 radical (unpaired) electrons. The molecule has 0 atom stereocenters. The maximum absolute atomic E-state index is 12.5. The van der Waals surface area contributed by atoms with Crippen molar-refractivity contribution in [1.82, 2.24) is 4.98 Å². The fraction of sp³-hybridized carbons (Fsp3) is 0.333. The number of nitro groups is 1. The van der Waals surface area contributed by atoms with E-state index in [1.165, 1.54) is 17.0 Å². The number of benzene rings is 1. The first-order valence-electron chi connectivity index (χ1n) is 7.90. The summed E-state index contributed by atoms with van der Waals surface area (Å²) in [7, 11) is 0. The van der Waals surface area contributed by atoms with Crippen molar-refractivity contribution in [3.63, 3.8) is 0 Å². The zero-order valence-corrected chi connectivity index (χ0v) is 14.5. The highest BCUT2D eigenvalue weighted by Crippen LogP contribution is 2.27. The van der Waals surface area contributed by atoms with Gasteiger partial charge in [0.25, 0.3) is 5.69 Å². The SMILES string of the molecule is CC(C)(C)N(C(=O)OCCc1ccccn1)c1ccc([N+](=O)[O-])cc1. The second-order valence-electron chi connectivity index (χ2n) is 6.47. The molecule has 0 aliphatic heterocycles. The molecule has 132 valence electrons. The van der Waals surface area contributed by atoms with Crippen LogP contribution in [0.2, 0.25) is 0 Å². The van der Waals surface area contributed by atoms with Crippen LogP contribution in [-0.2, 0) is 11.2 Å². The Balaban J connectivity index is 2.08.